The summed E-state index contributed by atoms with van der Waals surface area (Å²) >= 11 is 0. The highest BCUT2D eigenvalue weighted by Gasteiger charge is 2.12. The highest BCUT2D eigenvalue weighted by molar-refractivity contribution is 5.81. The fraction of sp³-hybridized carbons (Fsp3) is 0.108. The van der Waals surface area contributed by atoms with E-state index in [0.717, 1.165) is 35.5 Å². The number of nitrogens with zero attached hydrogens (tertiary/aromatic N) is 1. The number of rotatable bonds is 11. The topological polar surface area (TPSA) is 29.5 Å². The fourth-order valence-electron chi connectivity index (χ4n) is 4.76. The van der Waals surface area contributed by atoms with E-state index in [1.165, 1.54) is 28.3 Å². The first-order valence-corrected chi connectivity index (χ1v) is 13.7. The van der Waals surface area contributed by atoms with Crippen LogP contribution in [-0.4, -0.2) is 12.6 Å². The van der Waals surface area contributed by atoms with Gasteiger partial charge in [0.15, 0.2) is 0 Å². The van der Waals surface area contributed by atoms with Gasteiger partial charge < -0.3 is 9.64 Å². The van der Waals surface area contributed by atoms with Gasteiger partial charge in [-0.1, -0.05) is 104 Å². The smallest absolute Gasteiger partial charge is 0.330 e. The average molecular weight is 524 g/mol. The number of aryl methyl sites for hydroxylation is 2. The van der Waals surface area contributed by atoms with Gasteiger partial charge in [0.2, 0.25) is 0 Å². The van der Waals surface area contributed by atoms with Crippen LogP contribution >= 0.6 is 0 Å². The number of ether oxygens (including phenoxy) is 1. The van der Waals surface area contributed by atoms with Crippen molar-refractivity contribution in [2.75, 3.05) is 11.5 Å². The molecule has 0 N–H and O–H groups in total. The Labute approximate surface area is 237 Å². The summed E-state index contributed by atoms with van der Waals surface area (Å²) in [7, 11) is 0. The highest BCUT2D eigenvalue weighted by atomic mass is 16.5. The van der Waals surface area contributed by atoms with Gasteiger partial charge in [0.25, 0.3) is 0 Å². The summed E-state index contributed by atoms with van der Waals surface area (Å²) in [6.45, 7) is 3.79. The van der Waals surface area contributed by atoms with E-state index in [1.54, 1.807) is 0 Å². The molecule has 0 aliphatic heterocycles. The van der Waals surface area contributed by atoms with E-state index in [-0.39, 0.29) is 5.97 Å². The first-order valence-electron chi connectivity index (χ1n) is 13.7. The van der Waals surface area contributed by atoms with Gasteiger partial charge >= 0.3 is 5.97 Å². The first-order chi connectivity index (χ1) is 19.7. The van der Waals surface area contributed by atoms with Crippen LogP contribution in [0.4, 0.5) is 17.1 Å². The number of hydrogen-bond donors (Lipinski definition) is 0. The number of benzene rings is 5. The minimum Gasteiger partial charge on any atom is -0.462 e. The van der Waals surface area contributed by atoms with Crippen molar-refractivity contribution in [3.05, 3.63) is 163 Å². The van der Waals surface area contributed by atoms with Crippen molar-refractivity contribution in [1.29, 1.82) is 0 Å². The maximum atomic E-state index is 11.2. The normalized spacial score (nSPS) is 10.6. The molecular formula is C37H33NO2. The molecule has 0 radical (unpaired) electrons. The van der Waals surface area contributed by atoms with Crippen LogP contribution in [0.5, 0.6) is 0 Å². The average Bonchev–Trinajstić information content (AvgIpc) is 3.02. The Morgan fingerprint density at radius 2 is 0.975 bits per heavy atom. The molecule has 0 aliphatic carbocycles. The standard InChI is InChI=1S/C37H33NO2/c1-2-37(39)40-28-27-31-17-15-29(16-18-31)13-14-30-19-23-35(24-20-30)38(34-11-7-4-8-12-34)36-25-21-33(22-26-36)32-9-5-3-6-10-32/h2-12,15-26H,1,13-14,27-28H2. The summed E-state index contributed by atoms with van der Waals surface area (Å²) < 4.78 is 5.08. The number of hydrogen-bond acceptors (Lipinski definition) is 3. The summed E-state index contributed by atoms with van der Waals surface area (Å²) in [6, 6.07) is 47.1. The lowest BCUT2D eigenvalue weighted by Gasteiger charge is -2.26. The number of para-hydroxylation sites is 1. The Kier molecular flexibility index (Phi) is 8.85. The third-order valence-corrected chi connectivity index (χ3v) is 6.97. The highest BCUT2D eigenvalue weighted by Crippen LogP contribution is 2.35. The summed E-state index contributed by atoms with van der Waals surface area (Å²) in [5, 5.41) is 0. The predicted molar refractivity (Wildman–Crippen MR) is 165 cm³/mol. The maximum Gasteiger partial charge on any atom is 0.330 e. The van der Waals surface area contributed by atoms with Crippen LogP contribution in [0, 0.1) is 0 Å². The number of esters is 1. The van der Waals surface area contributed by atoms with Crippen LogP contribution in [-0.2, 0) is 28.8 Å². The van der Waals surface area contributed by atoms with Gasteiger partial charge in [0.1, 0.15) is 0 Å². The van der Waals surface area contributed by atoms with Gasteiger partial charge in [-0.15, -0.1) is 0 Å². The van der Waals surface area contributed by atoms with E-state index in [0.29, 0.717) is 13.0 Å². The summed E-state index contributed by atoms with van der Waals surface area (Å²) in [6.07, 6.45) is 3.83. The second kappa shape index (κ2) is 13.3. The zero-order valence-corrected chi connectivity index (χ0v) is 22.6. The number of carbonyl (C=O) groups is 1. The molecule has 0 amide bonds. The third-order valence-electron chi connectivity index (χ3n) is 6.97. The van der Waals surface area contributed by atoms with Crippen LogP contribution in [0.25, 0.3) is 11.1 Å². The molecule has 0 bridgehead atoms. The van der Waals surface area contributed by atoms with Crippen molar-refractivity contribution >= 4 is 23.0 Å². The Balaban J connectivity index is 1.26. The van der Waals surface area contributed by atoms with Crippen molar-refractivity contribution in [3.63, 3.8) is 0 Å². The molecule has 0 aromatic heterocycles. The molecule has 5 aromatic rings. The van der Waals surface area contributed by atoms with Crippen molar-refractivity contribution in [2.45, 2.75) is 19.3 Å². The Morgan fingerprint density at radius 1 is 0.550 bits per heavy atom. The number of carbonyl (C=O) groups excluding carboxylic acids is 1. The number of anilines is 3. The lowest BCUT2D eigenvalue weighted by atomic mass is 10.0. The Morgan fingerprint density at radius 3 is 1.52 bits per heavy atom. The predicted octanol–water partition coefficient (Wildman–Crippen LogP) is 8.88. The molecule has 3 nitrogen and oxygen atoms in total. The monoisotopic (exact) mass is 523 g/mol. The molecule has 0 atom stereocenters. The van der Waals surface area contributed by atoms with E-state index >= 15 is 0 Å². The summed E-state index contributed by atoms with van der Waals surface area (Å²) in [4.78, 5) is 13.5. The quantitative estimate of drug-likeness (QED) is 0.128. The first kappa shape index (κ1) is 26.7. The molecule has 0 fully saturated rings. The molecule has 5 rings (SSSR count). The van der Waals surface area contributed by atoms with E-state index in [4.69, 9.17) is 4.74 Å². The van der Waals surface area contributed by atoms with Crippen LogP contribution in [0.15, 0.2) is 146 Å². The molecular weight excluding hydrogens is 490 g/mol. The van der Waals surface area contributed by atoms with Crippen molar-refractivity contribution in [1.82, 2.24) is 0 Å². The minimum absolute atomic E-state index is 0.369. The second-order valence-corrected chi connectivity index (χ2v) is 9.69. The maximum absolute atomic E-state index is 11.2. The van der Waals surface area contributed by atoms with Gasteiger partial charge in [0, 0.05) is 29.6 Å². The second-order valence-electron chi connectivity index (χ2n) is 9.69. The molecule has 40 heavy (non-hydrogen) atoms. The summed E-state index contributed by atoms with van der Waals surface area (Å²) in [5.41, 5.74) is 9.55. The van der Waals surface area contributed by atoms with Crippen LogP contribution in [0.1, 0.15) is 16.7 Å². The van der Waals surface area contributed by atoms with E-state index in [9.17, 15) is 4.79 Å². The SMILES string of the molecule is C=CC(=O)OCCc1ccc(CCc2ccc(N(c3ccccc3)c3ccc(-c4ccccc4)cc3)cc2)cc1. The van der Waals surface area contributed by atoms with Crippen LogP contribution in [0.2, 0.25) is 0 Å². The lowest BCUT2D eigenvalue weighted by Crippen LogP contribution is -2.09. The minimum atomic E-state index is -0.379. The van der Waals surface area contributed by atoms with Crippen LogP contribution < -0.4 is 4.90 Å². The molecule has 5 aromatic carbocycles. The zero-order valence-electron chi connectivity index (χ0n) is 22.6. The van der Waals surface area contributed by atoms with Gasteiger partial charge in [-0.3, -0.25) is 0 Å². The van der Waals surface area contributed by atoms with E-state index in [1.807, 2.05) is 12.1 Å². The third kappa shape index (κ3) is 6.95. The lowest BCUT2D eigenvalue weighted by molar-refractivity contribution is -0.137. The van der Waals surface area contributed by atoms with Crippen molar-refractivity contribution < 1.29 is 9.53 Å². The van der Waals surface area contributed by atoms with E-state index < -0.39 is 0 Å². The largest absolute Gasteiger partial charge is 0.462 e. The molecule has 0 unspecified atom stereocenters. The molecule has 0 saturated heterocycles. The van der Waals surface area contributed by atoms with Crippen molar-refractivity contribution in [2.24, 2.45) is 0 Å². The Bertz CT molecular complexity index is 1510. The summed E-state index contributed by atoms with van der Waals surface area (Å²) in [5.74, 6) is -0.379. The molecule has 0 saturated carbocycles. The van der Waals surface area contributed by atoms with Gasteiger partial charge in [-0.2, -0.15) is 0 Å². The van der Waals surface area contributed by atoms with Crippen molar-refractivity contribution in [3.8, 4) is 11.1 Å². The van der Waals surface area contributed by atoms with Gasteiger partial charge in [-0.05, 0) is 77.1 Å². The zero-order chi connectivity index (χ0) is 27.6. The molecule has 0 heterocycles. The van der Waals surface area contributed by atoms with E-state index in [2.05, 4.69) is 133 Å². The molecule has 3 heteroatoms. The van der Waals surface area contributed by atoms with Gasteiger partial charge in [-0.25, -0.2) is 4.79 Å². The fourth-order valence-corrected chi connectivity index (χ4v) is 4.76. The molecule has 0 spiro atoms. The molecule has 0 aliphatic rings. The Hall–Kier alpha value is -4.89. The molecule has 198 valence electrons. The van der Waals surface area contributed by atoms with Gasteiger partial charge in [0.05, 0.1) is 6.61 Å². The van der Waals surface area contributed by atoms with Crippen LogP contribution in [0.3, 0.4) is 0 Å².